The van der Waals surface area contributed by atoms with E-state index in [2.05, 4.69) is 16.4 Å². The summed E-state index contributed by atoms with van der Waals surface area (Å²) < 4.78 is 10.7. The number of methoxy groups -OCH3 is 1. The third kappa shape index (κ3) is 4.97. The molecule has 7 heteroatoms. The highest BCUT2D eigenvalue weighted by atomic mass is 16.5. The number of aromatic nitrogens is 1. The van der Waals surface area contributed by atoms with E-state index in [0.29, 0.717) is 44.0 Å². The molecule has 0 bridgehead atoms. The fraction of sp³-hybridized carbons (Fsp3) is 0.241. The standard InChI is InChI=1S/C29H29N3O4/c1-35-21-12-10-20(11-13-21)28-23(22-6-2-4-8-25(22)31-28)14-15-27(33)30-26-9-5-3-7-24(26)29(34)32-16-18-36-19-17-32/h2-13,31H,14-19H2,1H3,(H,30,33). The zero-order chi connectivity index (χ0) is 24.9. The van der Waals surface area contributed by atoms with Crippen LogP contribution in [0.4, 0.5) is 5.69 Å². The van der Waals surface area contributed by atoms with Gasteiger partial charge in [0.2, 0.25) is 5.91 Å². The second-order valence-corrected chi connectivity index (χ2v) is 8.75. The van der Waals surface area contributed by atoms with Crippen LogP contribution in [0.15, 0.2) is 72.8 Å². The predicted octanol–water partition coefficient (Wildman–Crippen LogP) is 4.89. The van der Waals surface area contributed by atoms with Gasteiger partial charge in [0, 0.05) is 36.1 Å². The zero-order valence-corrected chi connectivity index (χ0v) is 20.3. The lowest BCUT2D eigenvalue weighted by Gasteiger charge is -2.27. The van der Waals surface area contributed by atoms with E-state index in [-0.39, 0.29) is 18.2 Å². The molecule has 0 atom stereocenters. The van der Waals surface area contributed by atoms with Crippen LogP contribution >= 0.6 is 0 Å². The second-order valence-electron chi connectivity index (χ2n) is 8.75. The van der Waals surface area contributed by atoms with Gasteiger partial charge in [-0.05, 0) is 60.0 Å². The molecule has 36 heavy (non-hydrogen) atoms. The molecule has 0 unspecified atom stereocenters. The Hall–Kier alpha value is -4.10. The third-order valence-electron chi connectivity index (χ3n) is 6.52. The molecule has 1 aliphatic rings. The molecule has 1 aromatic heterocycles. The van der Waals surface area contributed by atoms with Crippen molar-refractivity contribution in [2.75, 3.05) is 38.7 Å². The number of ether oxygens (including phenoxy) is 2. The van der Waals surface area contributed by atoms with Crippen LogP contribution in [0, 0.1) is 0 Å². The van der Waals surface area contributed by atoms with Crippen molar-refractivity contribution in [1.29, 1.82) is 0 Å². The van der Waals surface area contributed by atoms with Gasteiger partial charge in [-0.15, -0.1) is 0 Å². The number of aryl methyl sites for hydroxylation is 1. The average molecular weight is 484 g/mol. The number of nitrogens with zero attached hydrogens (tertiary/aromatic N) is 1. The summed E-state index contributed by atoms with van der Waals surface area (Å²) in [7, 11) is 1.65. The van der Waals surface area contributed by atoms with Crippen LogP contribution in [0.2, 0.25) is 0 Å². The van der Waals surface area contributed by atoms with Gasteiger partial charge >= 0.3 is 0 Å². The number of aromatic amines is 1. The molecule has 0 saturated carbocycles. The Morgan fingerprint density at radius 3 is 2.47 bits per heavy atom. The van der Waals surface area contributed by atoms with Crippen molar-refractivity contribution in [3.63, 3.8) is 0 Å². The van der Waals surface area contributed by atoms with Crippen molar-refractivity contribution in [3.05, 3.63) is 83.9 Å². The fourth-order valence-corrected chi connectivity index (χ4v) is 4.63. The molecule has 7 nitrogen and oxygen atoms in total. The van der Waals surface area contributed by atoms with Crippen LogP contribution in [0.1, 0.15) is 22.3 Å². The number of H-pyrrole nitrogens is 1. The highest BCUT2D eigenvalue weighted by Gasteiger charge is 2.22. The van der Waals surface area contributed by atoms with Gasteiger partial charge in [-0.3, -0.25) is 9.59 Å². The SMILES string of the molecule is COc1ccc(-c2[nH]c3ccccc3c2CCC(=O)Nc2ccccc2C(=O)N2CCOCC2)cc1. The number of carbonyl (C=O) groups is 2. The van der Waals surface area contributed by atoms with E-state index in [1.165, 1.54) is 0 Å². The number of hydrogen-bond donors (Lipinski definition) is 2. The number of amides is 2. The summed E-state index contributed by atoms with van der Waals surface area (Å²) >= 11 is 0. The molecule has 2 amide bonds. The van der Waals surface area contributed by atoms with E-state index in [0.717, 1.165) is 33.5 Å². The number of rotatable bonds is 7. The maximum atomic E-state index is 13.0. The van der Waals surface area contributed by atoms with Crippen molar-refractivity contribution in [1.82, 2.24) is 9.88 Å². The summed E-state index contributed by atoms with van der Waals surface area (Å²) in [6.07, 6.45) is 0.835. The zero-order valence-electron chi connectivity index (χ0n) is 20.3. The van der Waals surface area contributed by atoms with E-state index in [9.17, 15) is 9.59 Å². The Kier molecular flexibility index (Phi) is 7.00. The number of benzene rings is 3. The molecule has 1 aliphatic heterocycles. The summed E-state index contributed by atoms with van der Waals surface area (Å²) in [6.45, 7) is 2.16. The molecule has 184 valence electrons. The van der Waals surface area contributed by atoms with Gasteiger partial charge in [-0.1, -0.05) is 30.3 Å². The van der Waals surface area contributed by atoms with Gasteiger partial charge in [-0.2, -0.15) is 0 Å². The Balaban J connectivity index is 1.34. The fourth-order valence-electron chi connectivity index (χ4n) is 4.63. The van der Waals surface area contributed by atoms with Crippen molar-refractivity contribution < 1.29 is 19.1 Å². The van der Waals surface area contributed by atoms with E-state index in [1.807, 2.05) is 54.6 Å². The highest BCUT2D eigenvalue weighted by molar-refractivity contribution is 6.04. The second kappa shape index (κ2) is 10.7. The molecule has 5 rings (SSSR count). The summed E-state index contributed by atoms with van der Waals surface area (Å²) in [5.41, 5.74) is 5.18. The molecule has 0 aliphatic carbocycles. The van der Waals surface area contributed by atoms with Crippen LogP contribution in [0.25, 0.3) is 22.2 Å². The summed E-state index contributed by atoms with van der Waals surface area (Å²) in [5, 5.41) is 4.07. The molecular weight excluding hydrogens is 454 g/mol. The van der Waals surface area contributed by atoms with Crippen molar-refractivity contribution in [3.8, 4) is 17.0 Å². The lowest BCUT2D eigenvalue weighted by atomic mass is 10.0. The van der Waals surface area contributed by atoms with E-state index < -0.39 is 0 Å². The van der Waals surface area contributed by atoms with Crippen LogP contribution < -0.4 is 10.1 Å². The number of morpholine rings is 1. The normalized spacial score (nSPS) is 13.5. The minimum Gasteiger partial charge on any atom is -0.497 e. The lowest BCUT2D eigenvalue weighted by Crippen LogP contribution is -2.41. The largest absolute Gasteiger partial charge is 0.497 e. The highest BCUT2D eigenvalue weighted by Crippen LogP contribution is 2.32. The lowest BCUT2D eigenvalue weighted by molar-refractivity contribution is -0.116. The van der Waals surface area contributed by atoms with Gasteiger partial charge < -0.3 is 24.7 Å². The number of nitrogens with one attached hydrogen (secondary N) is 2. The van der Waals surface area contributed by atoms with E-state index >= 15 is 0 Å². The maximum absolute atomic E-state index is 13.0. The van der Waals surface area contributed by atoms with Gasteiger partial charge in [-0.25, -0.2) is 0 Å². The molecule has 3 aromatic carbocycles. The first-order valence-corrected chi connectivity index (χ1v) is 12.1. The molecule has 1 saturated heterocycles. The van der Waals surface area contributed by atoms with Gasteiger partial charge in [0.15, 0.2) is 0 Å². The van der Waals surface area contributed by atoms with Gasteiger partial charge in [0.1, 0.15) is 5.75 Å². The minimum absolute atomic E-state index is 0.0902. The van der Waals surface area contributed by atoms with Crippen LogP contribution in [-0.2, 0) is 16.0 Å². The average Bonchev–Trinajstić information content (AvgIpc) is 3.31. The quantitative estimate of drug-likeness (QED) is 0.392. The van der Waals surface area contributed by atoms with Crippen LogP contribution in [0.3, 0.4) is 0 Å². The number of fused-ring (bicyclic) bond motifs is 1. The molecule has 2 heterocycles. The molecule has 4 aromatic rings. The Morgan fingerprint density at radius 1 is 0.972 bits per heavy atom. The van der Waals surface area contributed by atoms with E-state index in [4.69, 9.17) is 9.47 Å². The molecule has 0 spiro atoms. The first-order chi connectivity index (χ1) is 17.6. The Morgan fingerprint density at radius 2 is 1.69 bits per heavy atom. The van der Waals surface area contributed by atoms with Gasteiger partial charge in [0.05, 0.1) is 31.6 Å². The Labute approximate surface area is 210 Å². The number of hydrogen-bond acceptors (Lipinski definition) is 4. The van der Waals surface area contributed by atoms with Crippen molar-refractivity contribution >= 4 is 28.4 Å². The molecule has 1 fully saturated rings. The first kappa shape index (κ1) is 23.6. The monoisotopic (exact) mass is 483 g/mol. The number of anilines is 1. The first-order valence-electron chi connectivity index (χ1n) is 12.1. The number of para-hydroxylation sites is 2. The summed E-state index contributed by atoms with van der Waals surface area (Å²) in [4.78, 5) is 31.4. The summed E-state index contributed by atoms with van der Waals surface area (Å²) in [5.74, 6) is 0.567. The molecular formula is C29H29N3O4. The van der Waals surface area contributed by atoms with Crippen molar-refractivity contribution in [2.24, 2.45) is 0 Å². The summed E-state index contributed by atoms with van der Waals surface area (Å²) in [6, 6.07) is 23.2. The maximum Gasteiger partial charge on any atom is 0.256 e. The molecule has 2 N–H and O–H groups in total. The van der Waals surface area contributed by atoms with E-state index in [1.54, 1.807) is 24.1 Å². The van der Waals surface area contributed by atoms with Crippen LogP contribution in [0.5, 0.6) is 5.75 Å². The third-order valence-corrected chi connectivity index (χ3v) is 6.52. The predicted molar refractivity (Wildman–Crippen MR) is 140 cm³/mol. The van der Waals surface area contributed by atoms with Gasteiger partial charge in [0.25, 0.3) is 5.91 Å². The minimum atomic E-state index is -0.136. The van der Waals surface area contributed by atoms with Crippen LogP contribution in [-0.4, -0.2) is 55.1 Å². The topological polar surface area (TPSA) is 83.7 Å². The smallest absolute Gasteiger partial charge is 0.256 e. The number of carbonyl (C=O) groups excluding carboxylic acids is 2. The Bertz CT molecular complexity index is 1370. The van der Waals surface area contributed by atoms with Crippen molar-refractivity contribution in [2.45, 2.75) is 12.8 Å². The molecule has 0 radical (unpaired) electrons.